The summed E-state index contributed by atoms with van der Waals surface area (Å²) in [5, 5.41) is 0. The van der Waals surface area contributed by atoms with Crippen LogP contribution in [0.1, 0.15) is 0 Å². The van der Waals surface area contributed by atoms with Crippen molar-refractivity contribution < 1.29 is 14.2 Å². The summed E-state index contributed by atoms with van der Waals surface area (Å²) in [6, 6.07) is -0.627. The van der Waals surface area contributed by atoms with Gasteiger partial charge in [0, 0.05) is 7.05 Å². The summed E-state index contributed by atoms with van der Waals surface area (Å²) in [5.41, 5.74) is 0. The van der Waals surface area contributed by atoms with Gasteiger partial charge in [0.05, 0.1) is 0 Å². The number of likely N-dealkylation sites (N-methyl/N-ethyl adjacent to an activating group) is 1. The minimum absolute atomic E-state index is 0.157. The van der Waals surface area contributed by atoms with Gasteiger partial charge in [-0.1, -0.05) is 0 Å². The first-order chi connectivity index (χ1) is 6.20. The minimum atomic E-state index is -0.345. The number of fused-ring (bicyclic) bond motifs is 1. The highest BCUT2D eigenvalue weighted by molar-refractivity contribution is 6.22. The molecule has 2 bridgehead atoms. The molecule has 0 aromatic carbocycles. The predicted molar refractivity (Wildman–Crippen MR) is 42.4 cm³/mol. The van der Waals surface area contributed by atoms with E-state index in [0.29, 0.717) is 12.5 Å². The fraction of sp³-hybridized carbons (Fsp3) is 0.429. The van der Waals surface area contributed by atoms with E-state index in [1.807, 2.05) is 0 Å². The van der Waals surface area contributed by atoms with Crippen LogP contribution in [-0.4, -0.2) is 58.2 Å². The Morgan fingerprint density at radius 1 is 1.62 bits per heavy atom. The monoisotopic (exact) mass is 179 g/mol. The number of amides is 3. The van der Waals surface area contributed by atoms with E-state index in [9.17, 15) is 9.59 Å². The first-order valence-electron chi connectivity index (χ1n) is 3.96. The highest BCUT2D eigenvalue weighted by Gasteiger charge is 2.57. The van der Waals surface area contributed by atoms with E-state index < -0.39 is 0 Å². The summed E-state index contributed by atoms with van der Waals surface area (Å²) in [5.74, 6) is 0.388. The number of rotatable bonds is 0. The summed E-state index contributed by atoms with van der Waals surface area (Å²) in [6.45, 7) is 0.333. The molecule has 1 unspecified atom stereocenters. The zero-order valence-electron chi connectivity index (χ0n) is 6.97. The molecule has 6 heteroatoms. The molecule has 3 rings (SSSR count). The minimum Gasteiger partial charge on any atom is -0.269 e. The Bertz CT molecular complexity index is 397. The van der Waals surface area contributed by atoms with Gasteiger partial charge in [0.1, 0.15) is 0 Å². The van der Waals surface area contributed by atoms with Gasteiger partial charge < -0.3 is 0 Å². The van der Waals surface area contributed by atoms with Crippen LogP contribution in [0.3, 0.4) is 0 Å². The second-order valence-electron chi connectivity index (χ2n) is 3.27. The second-order valence-corrected chi connectivity index (χ2v) is 3.27. The topological polar surface area (TPSA) is 56.0 Å². The lowest BCUT2D eigenvalue weighted by atomic mass is 10.2. The number of imide groups is 1. The number of aliphatic imine (C=N–C) groups is 1. The third-order valence-corrected chi connectivity index (χ3v) is 2.58. The van der Waals surface area contributed by atoms with Crippen molar-refractivity contribution in [3.05, 3.63) is 0 Å². The van der Waals surface area contributed by atoms with E-state index >= 15 is 0 Å². The highest BCUT2D eigenvalue weighted by atomic mass is 16.2. The third-order valence-electron chi connectivity index (χ3n) is 2.58. The van der Waals surface area contributed by atoms with Crippen molar-refractivity contribution in [2.75, 3.05) is 13.7 Å². The molecule has 0 N–H and O–H groups in total. The lowest BCUT2D eigenvalue weighted by molar-refractivity contribution is -0.521. The van der Waals surface area contributed by atoms with Crippen molar-refractivity contribution in [3.8, 4) is 0 Å². The molecule has 13 heavy (non-hydrogen) atoms. The Hall–Kier alpha value is -1.72. The van der Waals surface area contributed by atoms with Gasteiger partial charge in [0.2, 0.25) is 0 Å². The molecule has 1 atom stereocenters. The zero-order valence-corrected chi connectivity index (χ0v) is 6.97. The Labute approximate surface area is 73.8 Å². The molecule has 3 aliphatic rings. The standard InChI is InChI=1S/C7H7N4O2/c1-9-5-4-6(12)11(7(9)13)3-10(4)2-8-5/h2,4H,3H2,1H3/q+1. The van der Waals surface area contributed by atoms with Gasteiger partial charge in [0.25, 0.3) is 24.1 Å². The number of nitrogens with zero attached hydrogens (tertiary/aromatic N) is 4. The van der Waals surface area contributed by atoms with Gasteiger partial charge >= 0.3 is 6.03 Å². The summed E-state index contributed by atoms with van der Waals surface area (Å²) in [4.78, 5) is 29.7. The van der Waals surface area contributed by atoms with Crippen LogP contribution >= 0.6 is 0 Å². The number of carbonyl (C=O) groups is 2. The number of amidine groups is 1. The number of urea groups is 1. The van der Waals surface area contributed by atoms with E-state index in [4.69, 9.17) is 0 Å². The number of carbonyl (C=O) groups excluding carboxylic acids is 2. The van der Waals surface area contributed by atoms with Crippen LogP contribution in [0, 0.1) is 0 Å². The van der Waals surface area contributed by atoms with Gasteiger partial charge in [-0.2, -0.15) is 0 Å². The molecule has 0 aromatic rings. The van der Waals surface area contributed by atoms with Crippen molar-refractivity contribution in [3.63, 3.8) is 0 Å². The zero-order chi connectivity index (χ0) is 9.16. The van der Waals surface area contributed by atoms with Gasteiger partial charge in [-0.05, 0) is 4.99 Å². The molecule has 66 valence electrons. The Morgan fingerprint density at radius 2 is 2.38 bits per heavy atom. The SMILES string of the molecule is CN1C(=O)N2C[N+]3=CN=C1C3C2=O. The molecule has 2 fully saturated rings. The molecule has 0 spiro atoms. The van der Waals surface area contributed by atoms with E-state index in [1.165, 1.54) is 9.80 Å². The molecule has 2 saturated heterocycles. The smallest absolute Gasteiger partial charge is 0.269 e. The Balaban J connectivity index is 2.21. The molecule has 6 nitrogen and oxygen atoms in total. The highest BCUT2D eigenvalue weighted by Crippen LogP contribution is 2.23. The maximum Gasteiger partial charge on any atom is 0.336 e. The van der Waals surface area contributed by atoms with E-state index in [0.717, 1.165) is 0 Å². The normalized spacial score (nSPS) is 29.8. The lowest BCUT2D eigenvalue weighted by Crippen LogP contribution is -2.55. The first-order valence-corrected chi connectivity index (χ1v) is 3.96. The van der Waals surface area contributed by atoms with Crippen LogP contribution < -0.4 is 0 Å². The maximum absolute atomic E-state index is 11.5. The molecule has 0 saturated carbocycles. The van der Waals surface area contributed by atoms with Gasteiger partial charge in [-0.15, -0.1) is 0 Å². The van der Waals surface area contributed by atoms with E-state index in [-0.39, 0.29) is 18.0 Å². The fourth-order valence-corrected chi connectivity index (χ4v) is 1.87. The van der Waals surface area contributed by atoms with Crippen LogP contribution in [0.25, 0.3) is 0 Å². The van der Waals surface area contributed by atoms with Crippen molar-refractivity contribution in [2.24, 2.45) is 4.99 Å². The van der Waals surface area contributed by atoms with Crippen LogP contribution in [0.15, 0.2) is 4.99 Å². The number of hydrogen-bond acceptors (Lipinski definition) is 3. The Kier molecular flexibility index (Phi) is 0.927. The first kappa shape index (κ1) is 6.76. The van der Waals surface area contributed by atoms with Crippen LogP contribution in [0.2, 0.25) is 0 Å². The summed E-state index contributed by atoms with van der Waals surface area (Å²) >= 11 is 0. The van der Waals surface area contributed by atoms with Gasteiger partial charge in [0.15, 0.2) is 6.67 Å². The van der Waals surface area contributed by atoms with Crippen molar-refractivity contribution in [2.45, 2.75) is 6.04 Å². The second kappa shape index (κ2) is 1.78. The van der Waals surface area contributed by atoms with Crippen molar-refractivity contribution >= 4 is 24.1 Å². The summed E-state index contributed by atoms with van der Waals surface area (Å²) in [7, 11) is 1.64. The summed E-state index contributed by atoms with van der Waals surface area (Å²) in [6.07, 6.45) is 1.61. The van der Waals surface area contributed by atoms with Gasteiger partial charge in [-0.25, -0.2) is 14.3 Å². The molecular weight excluding hydrogens is 172 g/mol. The number of hydrogen-bond donors (Lipinski definition) is 0. The van der Waals surface area contributed by atoms with Crippen LogP contribution in [-0.2, 0) is 4.79 Å². The lowest BCUT2D eigenvalue weighted by Gasteiger charge is -2.23. The Morgan fingerprint density at radius 3 is 3.15 bits per heavy atom. The molecule has 3 heterocycles. The maximum atomic E-state index is 11.5. The van der Waals surface area contributed by atoms with E-state index in [1.54, 1.807) is 18.0 Å². The largest absolute Gasteiger partial charge is 0.336 e. The molecule has 0 aromatic heterocycles. The summed E-state index contributed by atoms with van der Waals surface area (Å²) < 4.78 is 1.76. The quantitative estimate of drug-likeness (QED) is 0.433. The van der Waals surface area contributed by atoms with Crippen LogP contribution in [0.5, 0.6) is 0 Å². The molecule has 0 radical (unpaired) electrons. The van der Waals surface area contributed by atoms with Gasteiger partial charge in [-0.3, -0.25) is 9.69 Å². The molecular formula is C7H7N4O2+. The predicted octanol–water partition coefficient (Wildman–Crippen LogP) is -1.33. The fourth-order valence-electron chi connectivity index (χ4n) is 1.87. The molecule has 3 aliphatic heterocycles. The van der Waals surface area contributed by atoms with Crippen LogP contribution in [0.4, 0.5) is 4.79 Å². The third kappa shape index (κ3) is 0.566. The van der Waals surface area contributed by atoms with Crippen molar-refractivity contribution in [1.82, 2.24) is 9.80 Å². The average molecular weight is 179 g/mol. The van der Waals surface area contributed by atoms with E-state index in [2.05, 4.69) is 4.99 Å². The average Bonchev–Trinajstić information content (AvgIpc) is 2.60. The molecule has 3 amide bonds. The molecule has 0 aliphatic carbocycles. The van der Waals surface area contributed by atoms with Crippen molar-refractivity contribution in [1.29, 1.82) is 0 Å².